The number of aryl methyl sites for hydroxylation is 1. The second-order valence-corrected chi connectivity index (χ2v) is 8.26. The summed E-state index contributed by atoms with van der Waals surface area (Å²) >= 11 is 0. The lowest BCUT2D eigenvalue weighted by molar-refractivity contribution is -0.123. The minimum absolute atomic E-state index is 0.00492. The Hall–Kier alpha value is -2.82. The van der Waals surface area contributed by atoms with E-state index in [-0.39, 0.29) is 11.8 Å². The summed E-state index contributed by atoms with van der Waals surface area (Å²) in [4.78, 5) is 16.7. The molecule has 3 rings (SSSR count). The Morgan fingerprint density at radius 1 is 1.07 bits per heavy atom. The summed E-state index contributed by atoms with van der Waals surface area (Å²) in [7, 11) is 0. The molecule has 1 amide bonds. The number of amides is 1. The van der Waals surface area contributed by atoms with Crippen molar-refractivity contribution in [2.45, 2.75) is 53.0 Å². The van der Waals surface area contributed by atoms with Gasteiger partial charge in [0.25, 0.3) is 0 Å². The van der Waals surface area contributed by atoms with Crippen LogP contribution in [0.5, 0.6) is 5.75 Å². The third-order valence-corrected chi connectivity index (χ3v) is 5.23. The molecule has 2 aromatic carbocycles. The van der Waals surface area contributed by atoms with Gasteiger partial charge in [0.05, 0.1) is 17.6 Å². The van der Waals surface area contributed by atoms with E-state index in [2.05, 4.69) is 41.9 Å². The highest BCUT2D eigenvalue weighted by atomic mass is 16.5. The van der Waals surface area contributed by atoms with E-state index in [1.807, 2.05) is 44.2 Å². The second kappa shape index (κ2) is 10.3. The number of carbonyl (C=O) groups is 1. The van der Waals surface area contributed by atoms with Gasteiger partial charge in [0, 0.05) is 25.4 Å². The molecule has 0 aliphatic carbocycles. The number of para-hydroxylation sites is 3. The van der Waals surface area contributed by atoms with Gasteiger partial charge in [-0.25, -0.2) is 4.98 Å². The van der Waals surface area contributed by atoms with Crippen LogP contribution in [0.3, 0.4) is 0 Å². The van der Waals surface area contributed by atoms with E-state index in [1.165, 1.54) is 5.56 Å². The van der Waals surface area contributed by atoms with Crippen LogP contribution in [0.4, 0.5) is 0 Å². The summed E-state index contributed by atoms with van der Waals surface area (Å²) in [5.74, 6) is 2.48. The van der Waals surface area contributed by atoms with Crippen molar-refractivity contribution >= 4 is 16.9 Å². The van der Waals surface area contributed by atoms with Crippen molar-refractivity contribution in [3.05, 3.63) is 59.9 Å². The Balaban J connectivity index is 1.64. The maximum Gasteiger partial charge on any atom is 0.222 e. The number of rotatable bonds is 10. The molecule has 0 fully saturated rings. The molecule has 0 radical (unpaired) electrons. The van der Waals surface area contributed by atoms with Crippen molar-refractivity contribution in [3.8, 4) is 5.75 Å². The minimum Gasteiger partial charge on any atom is -0.493 e. The van der Waals surface area contributed by atoms with Crippen LogP contribution < -0.4 is 10.1 Å². The van der Waals surface area contributed by atoms with Gasteiger partial charge in [-0.3, -0.25) is 4.79 Å². The molecular formula is C25H33N3O2. The highest BCUT2D eigenvalue weighted by Crippen LogP contribution is 2.26. The SMILES string of the molecule is CC(C)C(=O)NCCc1nc2ccccc2n1CCCOc1ccccc1C(C)C. The largest absolute Gasteiger partial charge is 0.493 e. The van der Waals surface area contributed by atoms with Crippen molar-refractivity contribution in [3.63, 3.8) is 0 Å². The molecule has 0 unspecified atom stereocenters. The van der Waals surface area contributed by atoms with Gasteiger partial charge in [0.2, 0.25) is 5.91 Å². The maximum absolute atomic E-state index is 11.9. The predicted molar refractivity (Wildman–Crippen MR) is 122 cm³/mol. The summed E-state index contributed by atoms with van der Waals surface area (Å²) in [6, 6.07) is 16.5. The number of imidazole rings is 1. The lowest BCUT2D eigenvalue weighted by Gasteiger charge is -2.15. The Labute approximate surface area is 179 Å². The standard InChI is InChI=1S/C25H33N3O2/c1-18(2)20-10-5-8-13-23(20)30-17-9-16-28-22-12-7-6-11-21(22)27-24(28)14-15-26-25(29)19(3)4/h5-8,10-13,18-19H,9,14-17H2,1-4H3,(H,26,29). The fourth-order valence-electron chi connectivity index (χ4n) is 3.56. The van der Waals surface area contributed by atoms with Gasteiger partial charge >= 0.3 is 0 Å². The van der Waals surface area contributed by atoms with Crippen molar-refractivity contribution in [2.24, 2.45) is 5.92 Å². The smallest absolute Gasteiger partial charge is 0.222 e. The number of nitrogens with zero attached hydrogens (tertiary/aromatic N) is 2. The van der Waals surface area contributed by atoms with Gasteiger partial charge in [-0.15, -0.1) is 0 Å². The second-order valence-electron chi connectivity index (χ2n) is 8.26. The monoisotopic (exact) mass is 407 g/mol. The molecule has 0 bridgehead atoms. The Morgan fingerprint density at radius 2 is 1.80 bits per heavy atom. The molecule has 160 valence electrons. The van der Waals surface area contributed by atoms with Gasteiger partial charge in [0.15, 0.2) is 0 Å². The molecule has 1 aromatic heterocycles. The van der Waals surface area contributed by atoms with Crippen LogP contribution in [0, 0.1) is 5.92 Å². The van der Waals surface area contributed by atoms with E-state index < -0.39 is 0 Å². The first-order chi connectivity index (χ1) is 14.5. The lowest BCUT2D eigenvalue weighted by Crippen LogP contribution is -2.30. The molecule has 5 nitrogen and oxygen atoms in total. The minimum atomic E-state index is -0.00492. The van der Waals surface area contributed by atoms with Gasteiger partial charge in [0.1, 0.15) is 11.6 Å². The summed E-state index contributed by atoms with van der Waals surface area (Å²) in [6.45, 7) is 10.3. The highest BCUT2D eigenvalue weighted by Gasteiger charge is 2.12. The van der Waals surface area contributed by atoms with Gasteiger partial charge in [-0.1, -0.05) is 58.0 Å². The van der Waals surface area contributed by atoms with Crippen LogP contribution in [0.2, 0.25) is 0 Å². The third-order valence-electron chi connectivity index (χ3n) is 5.23. The summed E-state index contributed by atoms with van der Waals surface area (Å²) in [6.07, 6.45) is 1.60. The number of hydrogen-bond donors (Lipinski definition) is 1. The molecule has 0 saturated carbocycles. The lowest BCUT2D eigenvalue weighted by atomic mass is 10.0. The van der Waals surface area contributed by atoms with Crippen LogP contribution in [-0.4, -0.2) is 28.6 Å². The first kappa shape index (κ1) is 21.9. The molecule has 3 aromatic rings. The van der Waals surface area contributed by atoms with Crippen LogP contribution in [0.15, 0.2) is 48.5 Å². The first-order valence-electron chi connectivity index (χ1n) is 10.9. The first-order valence-corrected chi connectivity index (χ1v) is 10.9. The molecule has 5 heteroatoms. The van der Waals surface area contributed by atoms with E-state index in [1.54, 1.807) is 0 Å². The Bertz CT molecular complexity index is 975. The van der Waals surface area contributed by atoms with Crippen LogP contribution in [0.25, 0.3) is 11.0 Å². The molecule has 1 heterocycles. The number of hydrogen-bond acceptors (Lipinski definition) is 3. The molecule has 0 aliphatic heterocycles. The number of aromatic nitrogens is 2. The van der Waals surface area contributed by atoms with E-state index in [0.717, 1.165) is 35.6 Å². The fourth-order valence-corrected chi connectivity index (χ4v) is 3.56. The van der Waals surface area contributed by atoms with Gasteiger partial charge in [-0.05, 0) is 36.1 Å². The predicted octanol–water partition coefficient (Wildman–Crippen LogP) is 4.94. The number of carbonyl (C=O) groups excluding carboxylic acids is 1. The van der Waals surface area contributed by atoms with E-state index in [9.17, 15) is 4.79 Å². The molecule has 1 N–H and O–H groups in total. The fraction of sp³-hybridized carbons (Fsp3) is 0.440. The zero-order valence-electron chi connectivity index (χ0n) is 18.5. The van der Waals surface area contributed by atoms with E-state index in [4.69, 9.17) is 9.72 Å². The highest BCUT2D eigenvalue weighted by molar-refractivity contribution is 5.78. The molecular weight excluding hydrogens is 374 g/mol. The Kier molecular flexibility index (Phi) is 7.50. The quantitative estimate of drug-likeness (QED) is 0.484. The number of nitrogens with one attached hydrogen (secondary N) is 1. The zero-order valence-corrected chi connectivity index (χ0v) is 18.5. The summed E-state index contributed by atoms with van der Waals surface area (Å²) in [5.41, 5.74) is 3.37. The van der Waals surface area contributed by atoms with E-state index >= 15 is 0 Å². The average molecular weight is 408 g/mol. The number of fused-ring (bicyclic) bond motifs is 1. The molecule has 0 saturated heterocycles. The average Bonchev–Trinajstić information content (AvgIpc) is 3.08. The molecule has 30 heavy (non-hydrogen) atoms. The number of benzene rings is 2. The zero-order chi connectivity index (χ0) is 21.5. The van der Waals surface area contributed by atoms with Crippen LogP contribution >= 0.6 is 0 Å². The van der Waals surface area contributed by atoms with Gasteiger partial charge < -0.3 is 14.6 Å². The Morgan fingerprint density at radius 3 is 2.57 bits per heavy atom. The summed E-state index contributed by atoms with van der Waals surface area (Å²) < 4.78 is 8.36. The van der Waals surface area contributed by atoms with Crippen molar-refractivity contribution in [2.75, 3.05) is 13.2 Å². The van der Waals surface area contributed by atoms with Crippen LogP contribution in [0.1, 0.15) is 51.4 Å². The van der Waals surface area contributed by atoms with Crippen molar-refractivity contribution in [1.82, 2.24) is 14.9 Å². The molecule has 0 aliphatic rings. The van der Waals surface area contributed by atoms with Gasteiger partial charge in [-0.2, -0.15) is 0 Å². The normalized spacial score (nSPS) is 11.4. The van der Waals surface area contributed by atoms with Crippen molar-refractivity contribution < 1.29 is 9.53 Å². The van der Waals surface area contributed by atoms with Crippen molar-refractivity contribution in [1.29, 1.82) is 0 Å². The summed E-state index contributed by atoms with van der Waals surface area (Å²) in [5, 5.41) is 2.99. The topological polar surface area (TPSA) is 56.2 Å². The van der Waals surface area contributed by atoms with Crippen LogP contribution in [-0.2, 0) is 17.8 Å². The number of ether oxygens (including phenoxy) is 1. The van der Waals surface area contributed by atoms with E-state index in [0.29, 0.717) is 25.5 Å². The molecule has 0 spiro atoms. The third kappa shape index (κ3) is 5.41. The maximum atomic E-state index is 11.9. The molecule has 0 atom stereocenters.